The van der Waals surface area contributed by atoms with Crippen LogP contribution in [0.15, 0.2) is 46.9 Å². The molecule has 0 fully saturated rings. The standard InChI is InChI=1S/C15H13BrN2O5/c1-22-14-7-2-10(8-13(14)16)17-15(19)9-23-12-5-3-11(4-6-12)18(20)21/h2-8H,9H2,1H3,(H,17,19). The Hall–Kier alpha value is -2.61. The largest absolute Gasteiger partial charge is 0.496 e. The molecule has 120 valence electrons. The van der Waals surface area contributed by atoms with Crippen LogP contribution in [-0.4, -0.2) is 24.5 Å². The van der Waals surface area contributed by atoms with Crippen LogP contribution < -0.4 is 14.8 Å². The number of ether oxygens (including phenoxy) is 2. The Bertz CT molecular complexity index is 718. The number of halogens is 1. The number of non-ortho nitro benzene ring substituents is 1. The van der Waals surface area contributed by atoms with Gasteiger partial charge in [0.2, 0.25) is 0 Å². The third-order valence-corrected chi connectivity index (χ3v) is 3.47. The molecule has 0 heterocycles. The fourth-order valence-electron chi connectivity index (χ4n) is 1.75. The van der Waals surface area contributed by atoms with Crippen molar-refractivity contribution in [1.82, 2.24) is 0 Å². The van der Waals surface area contributed by atoms with Crippen LogP contribution in [-0.2, 0) is 4.79 Å². The van der Waals surface area contributed by atoms with Gasteiger partial charge in [-0.3, -0.25) is 14.9 Å². The van der Waals surface area contributed by atoms with Gasteiger partial charge < -0.3 is 14.8 Å². The van der Waals surface area contributed by atoms with Gasteiger partial charge in [0.25, 0.3) is 11.6 Å². The lowest BCUT2D eigenvalue weighted by atomic mass is 10.3. The molecule has 23 heavy (non-hydrogen) atoms. The summed E-state index contributed by atoms with van der Waals surface area (Å²) in [6.07, 6.45) is 0. The van der Waals surface area contributed by atoms with E-state index in [1.807, 2.05) is 0 Å². The zero-order chi connectivity index (χ0) is 16.8. The maximum Gasteiger partial charge on any atom is 0.269 e. The van der Waals surface area contributed by atoms with E-state index in [1.54, 1.807) is 25.3 Å². The van der Waals surface area contributed by atoms with Crippen molar-refractivity contribution in [1.29, 1.82) is 0 Å². The second-order valence-electron chi connectivity index (χ2n) is 4.44. The van der Waals surface area contributed by atoms with Crippen LogP contribution in [0.3, 0.4) is 0 Å². The molecule has 0 aliphatic heterocycles. The number of carbonyl (C=O) groups is 1. The lowest BCUT2D eigenvalue weighted by molar-refractivity contribution is -0.384. The van der Waals surface area contributed by atoms with Gasteiger partial charge in [0.05, 0.1) is 16.5 Å². The molecule has 0 saturated carbocycles. The highest BCUT2D eigenvalue weighted by Crippen LogP contribution is 2.27. The zero-order valence-electron chi connectivity index (χ0n) is 12.1. The molecule has 0 bridgehead atoms. The van der Waals surface area contributed by atoms with Crippen LogP contribution in [0.2, 0.25) is 0 Å². The fourth-order valence-corrected chi connectivity index (χ4v) is 2.29. The van der Waals surface area contributed by atoms with Crippen molar-refractivity contribution in [2.75, 3.05) is 19.0 Å². The van der Waals surface area contributed by atoms with Crippen LogP contribution in [0.5, 0.6) is 11.5 Å². The Morgan fingerprint density at radius 3 is 2.52 bits per heavy atom. The second kappa shape index (κ2) is 7.59. The monoisotopic (exact) mass is 380 g/mol. The molecule has 1 N–H and O–H groups in total. The molecule has 0 unspecified atom stereocenters. The predicted molar refractivity (Wildman–Crippen MR) is 87.9 cm³/mol. The number of nitrogens with one attached hydrogen (secondary N) is 1. The summed E-state index contributed by atoms with van der Waals surface area (Å²) in [7, 11) is 1.55. The zero-order valence-corrected chi connectivity index (χ0v) is 13.7. The van der Waals surface area contributed by atoms with Gasteiger partial charge in [0, 0.05) is 17.8 Å². The summed E-state index contributed by atoms with van der Waals surface area (Å²) < 4.78 is 11.1. The molecule has 0 atom stereocenters. The van der Waals surface area contributed by atoms with Crippen molar-refractivity contribution >= 4 is 33.2 Å². The van der Waals surface area contributed by atoms with Crippen LogP contribution in [0, 0.1) is 10.1 Å². The molecule has 7 nitrogen and oxygen atoms in total. The minimum absolute atomic E-state index is 0.0371. The summed E-state index contributed by atoms with van der Waals surface area (Å²) in [6, 6.07) is 10.6. The number of methoxy groups -OCH3 is 1. The van der Waals surface area contributed by atoms with Crippen molar-refractivity contribution in [2.24, 2.45) is 0 Å². The molecule has 0 spiro atoms. The smallest absolute Gasteiger partial charge is 0.269 e. The topological polar surface area (TPSA) is 90.7 Å². The summed E-state index contributed by atoms with van der Waals surface area (Å²) in [5, 5.41) is 13.2. The normalized spacial score (nSPS) is 10.0. The minimum Gasteiger partial charge on any atom is -0.496 e. The minimum atomic E-state index is -0.502. The van der Waals surface area contributed by atoms with E-state index in [9.17, 15) is 14.9 Å². The van der Waals surface area contributed by atoms with Crippen LogP contribution >= 0.6 is 15.9 Å². The number of hydrogen-bond acceptors (Lipinski definition) is 5. The molecule has 2 aromatic rings. The molecular weight excluding hydrogens is 368 g/mol. The molecule has 0 saturated heterocycles. The van der Waals surface area contributed by atoms with E-state index in [2.05, 4.69) is 21.2 Å². The van der Waals surface area contributed by atoms with Gasteiger partial charge in [-0.05, 0) is 46.3 Å². The molecule has 0 aliphatic rings. The highest BCUT2D eigenvalue weighted by Gasteiger charge is 2.08. The Balaban J connectivity index is 1.89. The summed E-state index contributed by atoms with van der Waals surface area (Å²) in [5.74, 6) is 0.687. The number of nitro benzene ring substituents is 1. The third kappa shape index (κ3) is 4.68. The first-order chi connectivity index (χ1) is 11.0. The van der Waals surface area contributed by atoms with Gasteiger partial charge in [-0.25, -0.2) is 0 Å². The van der Waals surface area contributed by atoms with E-state index in [0.29, 0.717) is 21.7 Å². The van der Waals surface area contributed by atoms with E-state index in [0.717, 1.165) is 0 Å². The van der Waals surface area contributed by atoms with Gasteiger partial charge in [0.1, 0.15) is 11.5 Å². The second-order valence-corrected chi connectivity index (χ2v) is 5.29. The number of carbonyl (C=O) groups excluding carboxylic acids is 1. The van der Waals surface area contributed by atoms with Crippen LogP contribution in [0.4, 0.5) is 11.4 Å². The number of anilines is 1. The first-order valence-corrected chi connectivity index (χ1v) is 7.29. The van der Waals surface area contributed by atoms with E-state index >= 15 is 0 Å². The predicted octanol–water partition coefficient (Wildman–Crippen LogP) is 3.38. The Morgan fingerprint density at radius 1 is 1.26 bits per heavy atom. The summed E-state index contributed by atoms with van der Waals surface area (Å²) in [6.45, 7) is -0.207. The fraction of sp³-hybridized carbons (Fsp3) is 0.133. The number of amides is 1. The van der Waals surface area contributed by atoms with Crippen molar-refractivity contribution < 1.29 is 19.2 Å². The highest BCUT2D eigenvalue weighted by molar-refractivity contribution is 9.10. The molecule has 0 aromatic heterocycles. The third-order valence-electron chi connectivity index (χ3n) is 2.85. The van der Waals surface area contributed by atoms with Gasteiger partial charge >= 0.3 is 0 Å². The Labute approximate surface area is 140 Å². The lowest BCUT2D eigenvalue weighted by Gasteiger charge is -2.09. The van der Waals surface area contributed by atoms with Gasteiger partial charge in [0.15, 0.2) is 6.61 Å². The van der Waals surface area contributed by atoms with E-state index in [4.69, 9.17) is 9.47 Å². The molecule has 1 amide bonds. The summed E-state index contributed by atoms with van der Waals surface area (Å²) >= 11 is 3.33. The number of nitrogens with zero attached hydrogens (tertiary/aromatic N) is 1. The van der Waals surface area contributed by atoms with E-state index < -0.39 is 4.92 Å². The highest BCUT2D eigenvalue weighted by atomic mass is 79.9. The quantitative estimate of drug-likeness (QED) is 0.612. The maximum absolute atomic E-state index is 11.8. The average Bonchev–Trinajstić information content (AvgIpc) is 2.53. The van der Waals surface area contributed by atoms with Gasteiger partial charge in [-0.2, -0.15) is 0 Å². The molecular formula is C15H13BrN2O5. The molecule has 8 heteroatoms. The number of benzene rings is 2. The van der Waals surface area contributed by atoms with Crippen LogP contribution in [0.1, 0.15) is 0 Å². The lowest BCUT2D eigenvalue weighted by Crippen LogP contribution is -2.20. The summed E-state index contributed by atoms with van der Waals surface area (Å²) in [5.41, 5.74) is 0.555. The van der Waals surface area contributed by atoms with Crippen LogP contribution in [0.25, 0.3) is 0 Å². The van der Waals surface area contributed by atoms with Gasteiger partial charge in [-0.15, -0.1) is 0 Å². The van der Waals surface area contributed by atoms with Crippen molar-refractivity contribution in [3.05, 3.63) is 57.1 Å². The SMILES string of the molecule is COc1ccc(NC(=O)COc2ccc([N+](=O)[O-])cc2)cc1Br. The Kier molecular flexibility index (Phi) is 5.53. The van der Waals surface area contributed by atoms with E-state index in [1.165, 1.54) is 24.3 Å². The first kappa shape index (κ1) is 16.8. The molecule has 0 radical (unpaired) electrons. The summed E-state index contributed by atoms with van der Waals surface area (Å²) in [4.78, 5) is 21.9. The molecule has 2 aromatic carbocycles. The molecule has 2 rings (SSSR count). The van der Waals surface area contributed by atoms with E-state index in [-0.39, 0.29) is 18.2 Å². The van der Waals surface area contributed by atoms with Crippen molar-refractivity contribution in [3.8, 4) is 11.5 Å². The van der Waals surface area contributed by atoms with Crippen molar-refractivity contribution in [2.45, 2.75) is 0 Å². The number of nitro groups is 1. The van der Waals surface area contributed by atoms with Gasteiger partial charge in [-0.1, -0.05) is 0 Å². The first-order valence-electron chi connectivity index (χ1n) is 6.50. The molecule has 0 aliphatic carbocycles. The number of rotatable bonds is 6. The number of hydrogen-bond donors (Lipinski definition) is 1. The maximum atomic E-state index is 11.8. The van der Waals surface area contributed by atoms with Crippen molar-refractivity contribution in [3.63, 3.8) is 0 Å². The Morgan fingerprint density at radius 2 is 1.96 bits per heavy atom. The average molecular weight is 381 g/mol.